The maximum absolute atomic E-state index is 12.1. The summed E-state index contributed by atoms with van der Waals surface area (Å²) in [6.45, 7) is 2.52. The summed E-state index contributed by atoms with van der Waals surface area (Å²) in [5, 5.41) is 4.47. The van der Waals surface area contributed by atoms with Gasteiger partial charge in [-0.25, -0.2) is 4.79 Å². The fourth-order valence-corrected chi connectivity index (χ4v) is 2.67. The number of methoxy groups -OCH3 is 1. The van der Waals surface area contributed by atoms with Gasteiger partial charge in [-0.1, -0.05) is 12.1 Å². The molecule has 0 fully saturated rings. The Kier molecular flexibility index (Phi) is 5.55. The predicted octanol–water partition coefficient (Wildman–Crippen LogP) is 3.11. The minimum atomic E-state index is -0.452. The second-order valence-corrected chi connectivity index (χ2v) is 5.37. The van der Waals surface area contributed by atoms with Crippen LogP contribution in [0.25, 0.3) is 0 Å². The van der Waals surface area contributed by atoms with Gasteiger partial charge < -0.3 is 14.8 Å². The number of hydrogen-bond donors (Lipinski definition) is 1. The SMILES string of the molecule is CCOc1ccc(CC(=O)Nc2ccsc2C(=O)OC)cc1. The van der Waals surface area contributed by atoms with Gasteiger partial charge in [0.1, 0.15) is 10.6 Å². The van der Waals surface area contributed by atoms with Crippen molar-refractivity contribution in [1.29, 1.82) is 0 Å². The summed E-state index contributed by atoms with van der Waals surface area (Å²) in [6, 6.07) is 9.04. The van der Waals surface area contributed by atoms with E-state index in [-0.39, 0.29) is 12.3 Å². The van der Waals surface area contributed by atoms with Gasteiger partial charge in [-0.2, -0.15) is 0 Å². The molecular weight excluding hydrogens is 302 g/mol. The van der Waals surface area contributed by atoms with Crippen LogP contribution >= 0.6 is 11.3 Å². The standard InChI is InChI=1S/C16H17NO4S/c1-3-21-12-6-4-11(5-7-12)10-14(18)17-13-8-9-22-15(13)16(19)20-2/h4-9H,3,10H2,1-2H3,(H,17,18). The van der Waals surface area contributed by atoms with E-state index in [1.807, 2.05) is 31.2 Å². The molecule has 0 spiro atoms. The lowest BCUT2D eigenvalue weighted by molar-refractivity contribution is -0.115. The highest BCUT2D eigenvalue weighted by Crippen LogP contribution is 2.23. The number of amides is 1. The van der Waals surface area contributed by atoms with Crippen LogP contribution in [0.2, 0.25) is 0 Å². The molecule has 0 radical (unpaired) electrons. The van der Waals surface area contributed by atoms with E-state index in [2.05, 4.69) is 10.1 Å². The Hall–Kier alpha value is -2.34. The quantitative estimate of drug-likeness (QED) is 0.831. The Labute approximate surface area is 132 Å². The van der Waals surface area contributed by atoms with Crippen molar-refractivity contribution >= 4 is 28.9 Å². The van der Waals surface area contributed by atoms with Crippen molar-refractivity contribution in [1.82, 2.24) is 0 Å². The molecule has 1 aromatic heterocycles. The van der Waals surface area contributed by atoms with Crippen molar-refractivity contribution in [2.75, 3.05) is 19.0 Å². The Morgan fingerprint density at radius 2 is 1.91 bits per heavy atom. The average Bonchev–Trinajstić information content (AvgIpc) is 2.96. The lowest BCUT2D eigenvalue weighted by Crippen LogP contribution is -2.16. The number of thiophene rings is 1. The fourth-order valence-electron chi connectivity index (χ4n) is 1.91. The highest BCUT2D eigenvalue weighted by atomic mass is 32.1. The smallest absolute Gasteiger partial charge is 0.350 e. The van der Waals surface area contributed by atoms with E-state index in [0.717, 1.165) is 11.3 Å². The summed E-state index contributed by atoms with van der Waals surface area (Å²) in [5.41, 5.74) is 1.35. The number of ether oxygens (including phenoxy) is 2. The molecule has 1 aromatic carbocycles. The molecule has 1 heterocycles. The minimum Gasteiger partial charge on any atom is -0.494 e. The first-order valence-corrected chi connectivity index (χ1v) is 7.69. The van der Waals surface area contributed by atoms with E-state index in [1.165, 1.54) is 18.4 Å². The van der Waals surface area contributed by atoms with Crippen LogP contribution in [0.4, 0.5) is 5.69 Å². The Morgan fingerprint density at radius 1 is 1.18 bits per heavy atom. The fraction of sp³-hybridized carbons (Fsp3) is 0.250. The lowest BCUT2D eigenvalue weighted by Gasteiger charge is -2.07. The largest absolute Gasteiger partial charge is 0.494 e. The van der Waals surface area contributed by atoms with E-state index >= 15 is 0 Å². The number of esters is 1. The first-order chi connectivity index (χ1) is 10.6. The molecule has 2 rings (SSSR count). The van der Waals surface area contributed by atoms with Gasteiger partial charge in [0.25, 0.3) is 0 Å². The molecule has 0 unspecified atom stereocenters. The molecule has 2 aromatic rings. The van der Waals surface area contributed by atoms with Crippen LogP contribution in [0.5, 0.6) is 5.75 Å². The van der Waals surface area contributed by atoms with Crippen molar-refractivity contribution in [3.63, 3.8) is 0 Å². The number of anilines is 1. The molecule has 0 saturated heterocycles. The Morgan fingerprint density at radius 3 is 2.55 bits per heavy atom. The van der Waals surface area contributed by atoms with Gasteiger partial charge in [-0.15, -0.1) is 11.3 Å². The van der Waals surface area contributed by atoms with Gasteiger partial charge in [0, 0.05) is 0 Å². The Bertz CT molecular complexity index is 648. The third-order valence-electron chi connectivity index (χ3n) is 2.91. The van der Waals surface area contributed by atoms with Crippen LogP contribution in [0, 0.1) is 0 Å². The van der Waals surface area contributed by atoms with Crippen molar-refractivity contribution in [3.05, 3.63) is 46.2 Å². The first kappa shape index (κ1) is 16.0. The number of carbonyl (C=O) groups is 2. The molecule has 6 heteroatoms. The van der Waals surface area contributed by atoms with Crippen molar-refractivity contribution in [2.24, 2.45) is 0 Å². The van der Waals surface area contributed by atoms with Gasteiger partial charge in [0.15, 0.2) is 0 Å². The number of hydrogen-bond acceptors (Lipinski definition) is 5. The predicted molar refractivity (Wildman–Crippen MR) is 85.6 cm³/mol. The number of nitrogens with one attached hydrogen (secondary N) is 1. The summed E-state index contributed by atoms with van der Waals surface area (Å²) in [6.07, 6.45) is 0.225. The molecule has 0 bridgehead atoms. The molecule has 0 saturated carbocycles. The molecule has 0 aliphatic rings. The highest BCUT2D eigenvalue weighted by molar-refractivity contribution is 7.12. The van der Waals surface area contributed by atoms with Crippen LogP contribution in [0.1, 0.15) is 22.2 Å². The second kappa shape index (κ2) is 7.61. The van der Waals surface area contributed by atoms with Gasteiger partial charge in [-0.3, -0.25) is 4.79 Å². The molecule has 22 heavy (non-hydrogen) atoms. The van der Waals surface area contributed by atoms with E-state index in [4.69, 9.17) is 4.74 Å². The third kappa shape index (κ3) is 4.08. The summed E-state index contributed by atoms with van der Waals surface area (Å²) in [4.78, 5) is 24.0. The molecule has 1 amide bonds. The van der Waals surface area contributed by atoms with Crippen LogP contribution in [0.15, 0.2) is 35.7 Å². The molecule has 1 N–H and O–H groups in total. The van der Waals surface area contributed by atoms with E-state index < -0.39 is 5.97 Å². The lowest BCUT2D eigenvalue weighted by atomic mass is 10.1. The number of rotatable bonds is 6. The topological polar surface area (TPSA) is 64.6 Å². The van der Waals surface area contributed by atoms with Gasteiger partial charge >= 0.3 is 5.97 Å². The summed E-state index contributed by atoms with van der Waals surface area (Å²) in [5.74, 6) is 0.136. The van der Waals surface area contributed by atoms with E-state index in [1.54, 1.807) is 11.4 Å². The maximum Gasteiger partial charge on any atom is 0.350 e. The van der Waals surface area contributed by atoms with E-state index in [0.29, 0.717) is 17.2 Å². The summed E-state index contributed by atoms with van der Waals surface area (Å²) < 4.78 is 10.0. The highest BCUT2D eigenvalue weighted by Gasteiger charge is 2.15. The van der Waals surface area contributed by atoms with Crippen molar-refractivity contribution in [3.8, 4) is 5.75 Å². The Balaban J connectivity index is 1.98. The molecule has 0 aliphatic heterocycles. The zero-order chi connectivity index (χ0) is 15.9. The zero-order valence-electron chi connectivity index (χ0n) is 12.4. The summed E-state index contributed by atoms with van der Waals surface area (Å²) in [7, 11) is 1.31. The van der Waals surface area contributed by atoms with Gasteiger partial charge in [0.05, 0.1) is 25.8 Å². The summed E-state index contributed by atoms with van der Waals surface area (Å²) >= 11 is 1.23. The second-order valence-electron chi connectivity index (χ2n) is 4.46. The minimum absolute atomic E-state index is 0.187. The zero-order valence-corrected chi connectivity index (χ0v) is 13.2. The third-order valence-corrected chi connectivity index (χ3v) is 3.80. The van der Waals surface area contributed by atoms with Crippen LogP contribution in [-0.2, 0) is 16.0 Å². The van der Waals surface area contributed by atoms with E-state index in [9.17, 15) is 9.59 Å². The van der Waals surface area contributed by atoms with Gasteiger partial charge in [-0.05, 0) is 36.1 Å². The van der Waals surface area contributed by atoms with Crippen molar-refractivity contribution in [2.45, 2.75) is 13.3 Å². The van der Waals surface area contributed by atoms with Crippen LogP contribution in [-0.4, -0.2) is 25.6 Å². The normalized spacial score (nSPS) is 10.1. The van der Waals surface area contributed by atoms with Crippen LogP contribution in [0.3, 0.4) is 0 Å². The van der Waals surface area contributed by atoms with Gasteiger partial charge in [0.2, 0.25) is 5.91 Å². The average molecular weight is 319 g/mol. The molecule has 5 nitrogen and oxygen atoms in total. The molecule has 0 aliphatic carbocycles. The molecule has 0 atom stereocenters. The monoisotopic (exact) mass is 319 g/mol. The van der Waals surface area contributed by atoms with Crippen molar-refractivity contribution < 1.29 is 19.1 Å². The first-order valence-electron chi connectivity index (χ1n) is 6.81. The number of benzene rings is 1. The van der Waals surface area contributed by atoms with Crippen LogP contribution < -0.4 is 10.1 Å². The molecular formula is C16H17NO4S. The number of carbonyl (C=O) groups excluding carboxylic acids is 2. The molecule has 116 valence electrons. The maximum atomic E-state index is 12.1.